The average Bonchev–Trinajstić information content (AvgIpc) is 2.69. The zero-order valence-corrected chi connectivity index (χ0v) is 17.5. The topological polar surface area (TPSA) is 12.4 Å². The lowest BCUT2D eigenvalue weighted by Gasteiger charge is -2.08. The number of benzene rings is 3. The SMILES string of the molecule is CC(=C\Sc1ccc(C)cc1)/C(=N/c1ccccc1)Sc1ccc(C)cc1. The molecule has 0 aromatic heterocycles. The monoisotopic (exact) mass is 389 g/mol. The van der Waals surface area contributed by atoms with Crippen LogP contribution in [0.2, 0.25) is 0 Å². The molecule has 0 aliphatic carbocycles. The Bertz CT molecular complexity index is 924. The average molecular weight is 390 g/mol. The normalized spacial score (nSPS) is 12.3. The zero-order chi connectivity index (χ0) is 19.1. The highest BCUT2D eigenvalue weighted by Crippen LogP contribution is 2.29. The molecule has 0 spiro atoms. The first-order valence-electron chi connectivity index (χ1n) is 8.89. The Labute approximate surface area is 170 Å². The Morgan fingerprint density at radius 3 is 1.89 bits per heavy atom. The smallest absolute Gasteiger partial charge is 0.105 e. The van der Waals surface area contributed by atoms with Gasteiger partial charge in [0, 0.05) is 9.79 Å². The van der Waals surface area contributed by atoms with Crippen LogP contribution in [0.4, 0.5) is 5.69 Å². The van der Waals surface area contributed by atoms with Gasteiger partial charge in [-0.05, 0) is 68.2 Å². The van der Waals surface area contributed by atoms with Gasteiger partial charge < -0.3 is 0 Å². The van der Waals surface area contributed by atoms with Crippen molar-refractivity contribution < 1.29 is 0 Å². The predicted molar refractivity (Wildman–Crippen MR) is 121 cm³/mol. The van der Waals surface area contributed by atoms with Gasteiger partial charge in [0.2, 0.25) is 0 Å². The minimum absolute atomic E-state index is 0.972. The number of rotatable bonds is 5. The fourth-order valence-electron chi connectivity index (χ4n) is 2.35. The van der Waals surface area contributed by atoms with Crippen LogP contribution in [-0.4, -0.2) is 5.04 Å². The van der Waals surface area contributed by atoms with E-state index < -0.39 is 0 Å². The van der Waals surface area contributed by atoms with Crippen molar-refractivity contribution in [2.75, 3.05) is 0 Å². The van der Waals surface area contributed by atoms with Crippen molar-refractivity contribution in [3.8, 4) is 0 Å². The van der Waals surface area contributed by atoms with Gasteiger partial charge in [0.15, 0.2) is 0 Å². The Morgan fingerprint density at radius 2 is 1.30 bits per heavy atom. The number of hydrogen-bond acceptors (Lipinski definition) is 3. The molecular weight excluding hydrogens is 366 g/mol. The van der Waals surface area contributed by atoms with Crippen molar-refractivity contribution in [3.63, 3.8) is 0 Å². The molecule has 0 aliphatic rings. The molecule has 0 amide bonds. The van der Waals surface area contributed by atoms with Crippen LogP contribution in [0.25, 0.3) is 0 Å². The van der Waals surface area contributed by atoms with Crippen LogP contribution in [0.5, 0.6) is 0 Å². The quantitative estimate of drug-likeness (QED) is 0.250. The highest BCUT2D eigenvalue weighted by atomic mass is 32.2. The van der Waals surface area contributed by atoms with Gasteiger partial charge in [0.05, 0.1) is 5.69 Å². The van der Waals surface area contributed by atoms with Crippen LogP contribution in [0, 0.1) is 13.8 Å². The third kappa shape index (κ3) is 6.16. The molecule has 0 fully saturated rings. The molecule has 0 atom stereocenters. The van der Waals surface area contributed by atoms with E-state index in [9.17, 15) is 0 Å². The maximum Gasteiger partial charge on any atom is 0.105 e. The fraction of sp³-hybridized carbons (Fsp3) is 0.125. The number of nitrogens with zero attached hydrogens (tertiary/aromatic N) is 1. The largest absolute Gasteiger partial charge is 0.241 e. The predicted octanol–water partition coefficient (Wildman–Crippen LogP) is 7.82. The zero-order valence-electron chi connectivity index (χ0n) is 15.8. The minimum atomic E-state index is 0.972. The van der Waals surface area contributed by atoms with E-state index in [4.69, 9.17) is 4.99 Å². The van der Waals surface area contributed by atoms with Gasteiger partial charge in [0.25, 0.3) is 0 Å². The second-order valence-electron chi connectivity index (χ2n) is 6.40. The van der Waals surface area contributed by atoms with E-state index in [0.29, 0.717) is 0 Å². The molecule has 0 N–H and O–H groups in total. The molecule has 27 heavy (non-hydrogen) atoms. The summed E-state index contributed by atoms with van der Waals surface area (Å²) in [6.07, 6.45) is 0. The minimum Gasteiger partial charge on any atom is -0.241 e. The standard InChI is InChI=1S/C24H23NS2/c1-18-9-13-22(14-10-18)26-17-20(3)24(25-21-7-5-4-6-8-21)27-23-15-11-19(2)12-16-23/h4-17H,1-3H3/b20-17+,25-24-. The van der Waals surface area contributed by atoms with Crippen LogP contribution in [0.3, 0.4) is 0 Å². The second kappa shape index (κ2) is 9.63. The van der Waals surface area contributed by atoms with E-state index in [1.54, 1.807) is 23.5 Å². The molecule has 3 aromatic rings. The van der Waals surface area contributed by atoms with Crippen LogP contribution >= 0.6 is 23.5 Å². The summed E-state index contributed by atoms with van der Waals surface area (Å²) in [5.74, 6) is 0. The molecule has 0 bridgehead atoms. The molecule has 0 aliphatic heterocycles. The molecule has 0 saturated heterocycles. The Balaban J connectivity index is 1.85. The third-order valence-electron chi connectivity index (χ3n) is 3.95. The Hall–Kier alpha value is -2.23. The van der Waals surface area contributed by atoms with Gasteiger partial charge in [-0.1, -0.05) is 77.1 Å². The molecular formula is C24H23NS2. The second-order valence-corrected chi connectivity index (χ2v) is 8.40. The maximum absolute atomic E-state index is 4.90. The van der Waals surface area contributed by atoms with Gasteiger partial charge in [-0.15, -0.1) is 0 Å². The van der Waals surface area contributed by atoms with Gasteiger partial charge in [-0.3, -0.25) is 0 Å². The van der Waals surface area contributed by atoms with Crippen LogP contribution in [0.15, 0.2) is 105 Å². The highest BCUT2D eigenvalue weighted by Gasteiger charge is 2.07. The number of aliphatic imine (C=N–C) groups is 1. The number of hydrogen-bond donors (Lipinski definition) is 0. The molecule has 0 radical (unpaired) electrons. The van der Waals surface area contributed by atoms with Crippen LogP contribution in [-0.2, 0) is 0 Å². The number of thioether (sulfide) groups is 2. The third-order valence-corrected chi connectivity index (χ3v) is 6.08. The summed E-state index contributed by atoms with van der Waals surface area (Å²) in [7, 11) is 0. The summed E-state index contributed by atoms with van der Waals surface area (Å²) < 4.78 is 0. The van der Waals surface area contributed by atoms with Gasteiger partial charge in [0.1, 0.15) is 5.04 Å². The first-order chi connectivity index (χ1) is 13.1. The summed E-state index contributed by atoms with van der Waals surface area (Å²) in [4.78, 5) is 7.33. The van der Waals surface area contributed by atoms with Gasteiger partial charge >= 0.3 is 0 Å². The van der Waals surface area contributed by atoms with E-state index in [-0.39, 0.29) is 0 Å². The summed E-state index contributed by atoms with van der Waals surface area (Å²) in [5, 5.41) is 3.21. The lowest BCUT2D eigenvalue weighted by atomic mass is 10.2. The molecule has 0 saturated carbocycles. The fourth-order valence-corrected chi connectivity index (χ4v) is 4.01. The Morgan fingerprint density at radius 1 is 0.741 bits per heavy atom. The molecule has 3 heteroatoms. The van der Waals surface area contributed by atoms with Crippen molar-refractivity contribution >= 4 is 34.3 Å². The van der Waals surface area contributed by atoms with Gasteiger partial charge in [-0.25, -0.2) is 4.99 Å². The molecule has 3 aromatic carbocycles. The summed E-state index contributed by atoms with van der Waals surface area (Å²) in [5.41, 5.74) is 4.68. The maximum atomic E-state index is 4.90. The molecule has 0 unspecified atom stereocenters. The first kappa shape index (κ1) is 19.5. The molecule has 1 nitrogen and oxygen atoms in total. The van der Waals surface area contributed by atoms with Gasteiger partial charge in [-0.2, -0.15) is 0 Å². The lowest BCUT2D eigenvalue weighted by Crippen LogP contribution is -1.94. The van der Waals surface area contributed by atoms with Crippen LogP contribution < -0.4 is 0 Å². The van der Waals surface area contributed by atoms with Crippen molar-refractivity contribution in [1.82, 2.24) is 0 Å². The van der Waals surface area contributed by atoms with Crippen molar-refractivity contribution in [2.45, 2.75) is 30.6 Å². The number of para-hydroxylation sites is 1. The summed E-state index contributed by atoms with van der Waals surface area (Å²) >= 11 is 3.44. The van der Waals surface area contributed by atoms with E-state index in [1.807, 2.05) is 30.3 Å². The van der Waals surface area contributed by atoms with E-state index >= 15 is 0 Å². The van der Waals surface area contributed by atoms with E-state index in [0.717, 1.165) is 16.3 Å². The Kier molecular flexibility index (Phi) is 6.97. The highest BCUT2D eigenvalue weighted by molar-refractivity contribution is 8.14. The molecule has 0 heterocycles. The lowest BCUT2D eigenvalue weighted by molar-refractivity contribution is 1.38. The van der Waals surface area contributed by atoms with Crippen molar-refractivity contribution in [3.05, 3.63) is 101 Å². The van der Waals surface area contributed by atoms with E-state index in [2.05, 4.69) is 74.7 Å². The van der Waals surface area contributed by atoms with Crippen LogP contribution in [0.1, 0.15) is 18.1 Å². The van der Waals surface area contributed by atoms with E-state index in [1.165, 1.54) is 20.9 Å². The summed E-state index contributed by atoms with van der Waals surface area (Å²) in [6.45, 7) is 6.35. The summed E-state index contributed by atoms with van der Waals surface area (Å²) in [6, 6.07) is 27.3. The van der Waals surface area contributed by atoms with Crippen molar-refractivity contribution in [2.24, 2.45) is 4.99 Å². The number of aryl methyl sites for hydroxylation is 2. The van der Waals surface area contributed by atoms with Crippen molar-refractivity contribution in [1.29, 1.82) is 0 Å². The molecule has 136 valence electrons. The first-order valence-corrected chi connectivity index (χ1v) is 10.6. The molecule has 3 rings (SSSR count).